The van der Waals surface area contributed by atoms with E-state index in [4.69, 9.17) is 14.2 Å². The molecule has 184 valence electrons. The third kappa shape index (κ3) is 5.15. The minimum absolute atomic E-state index is 0.251. The fourth-order valence-corrected chi connectivity index (χ4v) is 4.95. The molecule has 2 aliphatic heterocycles. The van der Waals surface area contributed by atoms with Crippen molar-refractivity contribution in [3.63, 3.8) is 0 Å². The summed E-state index contributed by atoms with van der Waals surface area (Å²) in [5.41, 5.74) is 4.77. The van der Waals surface area contributed by atoms with Gasteiger partial charge in [0.15, 0.2) is 11.5 Å². The molecule has 0 N–H and O–H groups in total. The van der Waals surface area contributed by atoms with Gasteiger partial charge in [-0.3, -0.25) is 14.6 Å². The lowest BCUT2D eigenvalue weighted by Gasteiger charge is -2.38. The highest BCUT2D eigenvalue weighted by Crippen LogP contribution is 2.41. The molecule has 4 rings (SSSR count). The normalized spacial score (nSPS) is 16.9. The minimum Gasteiger partial charge on any atom is -0.493 e. The van der Waals surface area contributed by atoms with Crippen LogP contribution >= 0.6 is 0 Å². The summed E-state index contributed by atoms with van der Waals surface area (Å²) in [6, 6.07) is 11.1. The van der Waals surface area contributed by atoms with Crippen LogP contribution in [0.2, 0.25) is 0 Å². The van der Waals surface area contributed by atoms with Crippen LogP contribution < -0.4 is 14.2 Å². The number of methoxy groups -OCH3 is 3. The van der Waals surface area contributed by atoms with Crippen molar-refractivity contribution >= 4 is 5.91 Å². The van der Waals surface area contributed by atoms with E-state index in [9.17, 15) is 4.79 Å². The van der Waals surface area contributed by atoms with Crippen LogP contribution in [0, 0.1) is 0 Å². The molecule has 1 fully saturated rings. The maximum Gasteiger partial charge on any atom is 0.236 e. The number of nitrogens with zero attached hydrogens (tertiary/aromatic N) is 3. The Morgan fingerprint density at radius 3 is 2.12 bits per heavy atom. The van der Waals surface area contributed by atoms with Crippen LogP contribution in [-0.4, -0.2) is 87.2 Å². The molecule has 0 spiro atoms. The molecule has 1 saturated heterocycles. The average molecular weight is 468 g/mol. The summed E-state index contributed by atoms with van der Waals surface area (Å²) < 4.78 is 16.5. The van der Waals surface area contributed by atoms with Gasteiger partial charge < -0.3 is 19.1 Å². The van der Waals surface area contributed by atoms with Crippen LogP contribution in [0.1, 0.15) is 25.0 Å². The quantitative estimate of drug-likeness (QED) is 0.623. The highest BCUT2D eigenvalue weighted by Gasteiger charge is 2.25. The SMILES string of the molecule is COc1cc(-c2ccc3c(c2)CCN(CC(=O)N2CCN(C(C)C)CC2)C3)cc(OC)c1OC. The summed E-state index contributed by atoms with van der Waals surface area (Å²) in [6.07, 6.45) is 0.933. The van der Waals surface area contributed by atoms with Crippen LogP contribution in [0.25, 0.3) is 11.1 Å². The first-order valence-corrected chi connectivity index (χ1v) is 12.1. The molecule has 2 aromatic carbocycles. The van der Waals surface area contributed by atoms with Crippen molar-refractivity contribution in [2.75, 3.05) is 60.6 Å². The number of piperazine rings is 1. The van der Waals surface area contributed by atoms with E-state index in [-0.39, 0.29) is 5.91 Å². The van der Waals surface area contributed by atoms with Gasteiger partial charge in [0, 0.05) is 45.3 Å². The Hall–Kier alpha value is -2.77. The van der Waals surface area contributed by atoms with Crippen molar-refractivity contribution in [1.82, 2.24) is 14.7 Å². The van der Waals surface area contributed by atoms with Crippen LogP contribution in [0.4, 0.5) is 0 Å². The van der Waals surface area contributed by atoms with Gasteiger partial charge in [-0.15, -0.1) is 0 Å². The predicted octanol–water partition coefficient (Wildman–Crippen LogP) is 3.29. The first-order valence-electron chi connectivity index (χ1n) is 12.1. The van der Waals surface area contributed by atoms with E-state index in [1.54, 1.807) is 21.3 Å². The number of benzene rings is 2. The Bertz CT molecular complexity index is 990. The summed E-state index contributed by atoms with van der Waals surface area (Å²) in [4.78, 5) is 19.6. The molecule has 34 heavy (non-hydrogen) atoms. The number of amides is 1. The first-order chi connectivity index (χ1) is 16.4. The van der Waals surface area contributed by atoms with Gasteiger partial charge in [-0.1, -0.05) is 18.2 Å². The Labute approximate surface area is 203 Å². The summed E-state index contributed by atoms with van der Waals surface area (Å²) >= 11 is 0. The molecule has 0 bridgehead atoms. The van der Waals surface area contributed by atoms with Crippen LogP contribution in [0.15, 0.2) is 30.3 Å². The van der Waals surface area contributed by atoms with Crippen molar-refractivity contribution in [2.45, 2.75) is 32.9 Å². The predicted molar refractivity (Wildman–Crippen MR) is 134 cm³/mol. The highest BCUT2D eigenvalue weighted by molar-refractivity contribution is 5.78. The molecule has 0 atom stereocenters. The molecule has 0 aromatic heterocycles. The van der Waals surface area contributed by atoms with Crippen molar-refractivity contribution in [2.24, 2.45) is 0 Å². The van der Waals surface area contributed by atoms with E-state index in [1.807, 2.05) is 17.0 Å². The largest absolute Gasteiger partial charge is 0.493 e. The third-order valence-electron chi connectivity index (χ3n) is 7.05. The summed E-state index contributed by atoms with van der Waals surface area (Å²) in [6.45, 7) is 10.2. The van der Waals surface area contributed by atoms with Gasteiger partial charge >= 0.3 is 0 Å². The van der Waals surface area contributed by atoms with Crippen molar-refractivity contribution in [3.05, 3.63) is 41.5 Å². The van der Waals surface area contributed by atoms with E-state index in [0.29, 0.717) is 29.8 Å². The minimum atomic E-state index is 0.251. The van der Waals surface area contributed by atoms with Crippen LogP contribution in [0.5, 0.6) is 17.2 Å². The smallest absolute Gasteiger partial charge is 0.236 e. The fraction of sp³-hybridized carbons (Fsp3) is 0.519. The first kappa shape index (κ1) is 24.4. The molecule has 2 aliphatic rings. The van der Waals surface area contributed by atoms with E-state index in [0.717, 1.165) is 56.8 Å². The topological polar surface area (TPSA) is 54.5 Å². The van der Waals surface area contributed by atoms with Crippen molar-refractivity contribution in [3.8, 4) is 28.4 Å². The van der Waals surface area contributed by atoms with Crippen molar-refractivity contribution in [1.29, 1.82) is 0 Å². The third-order valence-corrected chi connectivity index (χ3v) is 7.05. The zero-order valence-electron chi connectivity index (χ0n) is 21.1. The molecule has 1 amide bonds. The fourth-order valence-electron chi connectivity index (χ4n) is 4.95. The molecule has 0 unspecified atom stereocenters. The van der Waals surface area contributed by atoms with Gasteiger partial charge in [0.25, 0.3) is 0 Å². The lowest BCUT2D eigenvalue weighted by molar-refractivity contribution is -0.134. The van der Waals surface area contributed by atoms with E-state index in [2.05, 4.69) is 41.8 Å². The maximum atomic E-state index is 12.9. The lowest BCUT2D eigenvalue weighted by atomic mass is 9.94. The Morgan fingerprint density at radius 2 is 1.53 bits per heavy atom. The second kappa shape index (κ2) is 10.7. The van der Waals surface area contributed by atoms with Crippen LogP contribution in [0.3, 0.4) is 0 Å². The summed E-state index contributed by atoms with van der Waals surface area (Å²) in [5, 5.41) is 0. The summed E-state index contributed by atoms with van der Waals surface area (Å²) in [5.74, 6) is 2.14. The van der Waals surface area contributed by atoms with Gasteiger partial charge in [0.2, 0.25) is 11.7 Å². The molecule has 7 heteroatoms. The molecule has 0 radical (unpaired) electrons. The molecule has 2 heterocycles. The molecule has 0 aliphatic carbocycles. The Balaban J connectivity index is 1.43. The molecule has 7 nitrogen and oxygen atoms in total. The van der Waals surface area contributed by atoms with Gasteiger partial charge in [-0.25, -0.2) is 0 Å². The van der Waals surface area contributed by atoms with Gasteiger partial charge in [0.1, 0.15) is 0 Å². The van der Waals surface area contributed by atoms with E-state index >= 15 is 0 Å². The highest BCUT2D eigenvalue weighted by atomic mass is 16.5. The number of ether oxygens (including phenoxy) is 3. The van der Waals surface area contributed by atoms with Crippen LogP contribution in [-0.2, 0) is 17.8 Å². The van der Waals surface area contributed by atoms with Crippen molar-refractivity contribution < 1.29 is 19.0 Å². The second-order valence-corrected chi connectivity index (χ2v) is 9.37. The number of hydrogen-bond acceptors (Lipinski definition) is 6. The van der Waals surface area contributed by atoms with E-state index in [1.165, 1.54) is 11.1 Å². The molecular formula is C27H37N3O4. The number of carbonyl (C=O) groups is 1. The molecule has 2 aromatic rings. The van der Waals surface area contributed by atoms with Gasteiger partial charge in [0.05, 0.1) is 27.9 Å². The Kier molecular flexibility index (Phi) is 7.63. The Morgan fingerprint density at radius 1 is 0.853 bits per heavy atom. The second-order valence-electron chi connectivity index (χ2n) is 9.37. The standard InChI is InChI=1S/C27H37N3O4/c1-19(2)29-10-12-30(13-11-29)26(31)18-28-9-8-21-14-20(6-7-22(21)17-28)23-15-24(32-3)27(34-5)25(16-23)33-4/h6-7,14-16,19H,8-13,17-18H2,1-5H3. The zero-order chi connectivity index (χ0) is 24.2. The zero-order valence-corrected chi connectivity index (χ0v) is 21.1. The number of rotatable bonds is 7. The lowest BCUT2D eigenvalue weighted by Crippen LogP contribution is -2.53. The van der Waals surface area contributed by atoms with E-state index < -0.39 is 0 Å². The molecule has 0 saturated carbocycles. The monoisotopic (exact) mass is 467 g/mol. The maximum absolute atomic E-state index is 12.9. The number of hydrogen-bond donors (Lipinski definition) is 0. The molecular weight excluding hydrogens is 430 g/mol. The van der Waals surface area contributed by atoms with Gasteiger partial charge in [-0.05, 0) is 54.7 Å². The van der Waals surface area contributed by atoms with Gasteiger partial charge in [-0.2, -0.15) is 0 Å². The summed E-state index contributed by atoms with van der Waals surface area (Å²) in [7, 11) is 4.88. The number of fused-ring (bicyclic) bond motifs is 1. The average Bonchev–Trinajstić information content (AvgIpc) is 2.87. The number of carbonyl (C=O) groups excluding carboxylic acids is 1.